The van der Waals surface area contributed by atoms with Crippen molar-refractivity contribution in [2.24, 2.45) is 0 Å². The van der Waals surface area contributed by atoms with Gasteiger partial charge in [0.1, 0.15) is 11.3 Å². The second-order valence-electron chi connectivity index (χ2n) is 9.18. The van der Waals surface area contributed by atoms with Gasteiger partial charge < -0.3 is 19.5 Å². The van der Waals surface area contributed by atoms with Gasteiger partial charge in [-0.25, -0.2) is 9.69 Å². The Labute approximate surface area is 237 Å². The molecule has 3 aromatic carbocycles. The van der Waals surface area contributed by atoms with Crippen LogP contribution in [-0.4, -0.2) is 43.6 Å². The lowest BCUT2D eigenvalue weighted by Gasteiger charge is -2.26. The average Bonchev–Trinajstić information content (AvgIpc) is 2.93. The number of amides is 5. The highest BCUT2D eigenvalue weighted by Gasteiger charge is 2.36. The number of nitrogens with zero attached hydrogens (tertiary/aromatic N) is 1. The van der Waals surface area contributed by atoms with Gasteiger partial charge in [-0.05, 0) is 87.4 Å². The number of hydrogen-bond donors (Lipinski definition) is 2. The van der Waals surface area contributed by atoms with Crippen LogP contribution in [0.5, 0.6) is 17.2 Å². The predicted molar refractivity (Wildman–Crippen MR) is 154 cm³/mol. The van der Waals surface area contributed by atoms with Crippen molar-refractivity contribution >= 4 is 41.2 Å². The van der Waals surface area contributed by atoms with Crippen LogP contribution in [0.4, 0.5) is 16.2 Å². The molecule has 10 nitrogen and oxygen atoms in total. The minimum absolute atomic E-state index is 0.234. The van der Waals surface area contributed by atoms with Gasteiger partial charge in [0.2, 0.25) is 0 Å². The lowest BCUT2D eigenvalue weighted by atomic mass is 10.1. The Hall–Kier alpha value is -5.12. The summed E-state index contributed by atoms with van der Waals surface area (Å²) in [4.78, 5) is 51.8. The van der Waals surface area contributed by atoms with E-state index in [4.69, 9.17) is 14.2 Å². The number of hydrogen-bond acceptors (Lipinski definition) is 7. The number of nitrogens with one attached hydrogen (secondary N) is 2. The van der Waals surface area contributed by atoms with Gasteiger partial charge >= 0.3 is 6.03 Å². The number of benzene rings is 3. The maximum Gasteiger partial charge on any atom is 0.335 e. The maximum atomic E-state index is 13.3. The number of rotatable bonds is 10. The third-order valence-electron chi connectivity index (χ3n) is 6.10. The summed E-state index contributed by atoms with van der Waals surface area (Å²) in [5, 5.41) is 5.04. The van der Waals surface area contributed by atoms with Crippen molar-refractivity contribution in [2.45, 2.75) is 27.7 Å². The van der Waals surface area contributed by atoms with Gasteiger partial charge in [0.05, 0.1) is 18.9 Å². The van der Waals surface area contributed by atoms with Crippen LogP contribution in [0.15, 0.2) is 66.2 Å². The molecule has 212 valence electrons. The molecular formula is C31H31N3O7. The first-order valence-corrected chi connectivity index (χ1v) is 13.1. The van der Waals surface area contributed by atoms with E-state index in [0.717, 1.165) is 16.0 Å². The SMILES string of the molecule is CCOc1ccc(N2C(=O)NC(=O)/C(=C\c3ccc(OCC(=O)Nc4ccc(C)cc4C)c(OCC)c3)C2=O)cc1. The summed E-state index contributed by atoms with van der Waals surface area (Å²) >= 11 is 0. The van der Waals surface area contributed by atoms with Crippen molar-refractivity contribution in [1.82, 2.24) is 5.32 Å². The summed E-state index contributed by atoms with van der Waals surface area (Å²) in [6.07, 6.45) is 1.37. The van der Waals surface area contributed by atoms with Crippen LogP contribution in [0.2, 0.25) is 0 Å². The van der Waals surface area contributed by atoms with E-state index in [1.807, 2.05) is 39.0 Å². The van der Waals surface area contributed by atoms with Crippen LogP contribution in [0.3, 0.4) is 0 Å². The lowest BCUT2D eigenvalue weighted by molar-refractivity contribution is -0.122. The lowest BCUT2D eigenvalue weighted by Crippen LogP contribution is -2.54. The number of aryl methyl sites for hydroxylation is 2. The van der Waals surface area contributed by atoms with Gasteiger partial charge in [-0.1, -0.05) is 23.8 Å². The Bertz CT molecular complexity index is 1510. The fraction of sp³-hybridized carbons (Fsp3) is 0.226. The molecule has 0 bridgehead atoms. The number of carbonyl (C=O) groups is 4. The van der Waals surface area contributed by atoms with Gasteiger partial charge in [-0.2, -0.15) is 0 Å². The van der Waals surface area contributed by atoms with Crippen molar-refractivity contribution in [3.63, 3.8) is 0 Å². The summed E-state index contributed by atoms with van der Waals surface area (Å²) in [6.45, 7) is 8.05. The minimum Gasteiger partial charge on any atom is -0.494 e. The maximum absolute atomic E-state index is 13.3. The summed E-state index contributed by atoms with van der Waals surface area (Å²) in [7, 11) is 0. The topological polar surface area (TPSA) is 123 Å². The van der Waals surface area contributed by atoms with Crippen molar-refractivity contribution < 1.29 is 33.4 Å². The molecule has 1 fully saturated rings. The summed E-state index contributed by atoms with van der Waals surface area (Å²) in [5.41, 5.74) is 3.24. The standard InChI is InChI=1S/C31H31N3O7/c1-5-39-23-11-9-22(10-12-23)34-30(37)24(29(36)33-31(34)38)16-21-8-14-26(27(17-21)40-6-2)41-18-28(35)32-25-13-7-19(3)15-20(25)4/h7-17H,5-6,18H2,1-4H3,(H,32,35)(H,33,36,38)/b24-16+. The fourth-order valence-electron chi connectivity index (χ4n) is 4.20. The summed E-state index contributed by atoms with van der Waals surface area (Å²) in [5.74, 6) is -0.705. The van der Waals surface area contributed by atoms with Gasteiger partial charge in [-0.15, -0.1) is 0 Å². The molecule has 0 spiro atoms. The van der Waals surface area contributed by atoms with Crippen molar-refractivity contribution in [1.29, 1.82) is 0 Å². The number of urea groups is 1. The first-order chi connectivity index (χ1) is 19.7. The third kappa shape index (κ3) is 6.91. The van der Waals surface area contributed by atoms with E-state index >= 15 is 0 Å². The average molecular weight is 558 g/mol. The van der Waals surface area contributed by atoms with Crippen LogP contribution in [-0.2, 0) is 14.4 Å². The Morgan fingerprint density at radius 1 is 0.878 bits per heavy atom. The van der Waals surface area contributed by atoms with E-state index in [-0.39, 0.29) is 23.8 Å². The molecule has 0 radical (unpaired) electrons. The molecule has 0 unspecified atom stereocenters. The van der Waals surface area contributed by atoms with Crippen LogP contribution >= 0.6 is 0 Å². The third-order valence-corrected chi connectivity index (χ3v) is 6.10. The van der Waals surface area contributed by atoms with Crippen LogP contribution < -0.4 is 29.7 Å². The molecule has 2 N–H and O–H groups in total. The van der Waals surface area contributed by atoms with Crippen LogP contribution in [0.1, 0.15) is 30.5 Å². The zero-order chi connectivity index (χ0) is 29.5. The Morgan fingerprint density at radius 3 is 2.29 bits per heavy atom. The van der Waals surface area contributed by atoms with Gasteiger partial charge in [0, 0.05) is 5.69 Å². The molecule has 0 saturated carbocycles. The minimum atomic E-state index is -0.848. The Morgan fingerprint density at radius 2 is 1.61 bits per heavy atom. The molecule has 1 saturated heterocycles. The highest BCUT2D eigenvalue weighted by atomic mass is 16.5. The largest absolute Gasteiger partial charge is 0.494 e. The molecular weight excluding hydrogens is 526 g/mol. The van der Waals surface area contributed by atoms with Crippen LogP contribution in [0.25, 0.3) is 6.08 Å². The summed E-state index contributed by atoms with van der Waals surface area (Å²) in [6, 6.07) is 16.1. The molecule has 1 aliphatic rings. The molecule has 0 atom stereocenters. The van der Waals surface area contributed by atoms with E-state index in [1.165, 1.54) is 6.08 Å². The second-order valence-corrected chi connectivity index (χ2v) is 9.18. The summed E-state index contributed by atoms with van der Waals surface area (Å²) < 4.78 is 16.8. The number of carbonyl (C=O) groups excluding carboxylic acids is 4. The molecule has 10 heteroatoms. The quantitative estimate of drug-likeness (QED) is 0.272. The molecule has 1 aliphatic heterocycles. The number of anilines is 2. The van der Waals surface area contributed by atoms with Gasteiger partial charge in [-0.3, -0.25) is 19.7 Å². The van der Waals surface area contributed by atoms with E-state index in [0.29, 0.717) is 41.7 Å². The number of ether oxygens (including phenoxy) is 3. The number of barbiturate groups is 1. The van der Waals surface area contributed by atoms with E-state index in [2.05, 4.69) is 10.6 Å². The fourth-order valence-corrected chi connectivity index (χ4v) is 4.20. The van der Waals surface area contributed by atoms with E-state index in [9.17, 15) is 19.2 Å². The Balaban J connectivity index is 1.52. The highest BCUT2D eigenvalue weighted by molar-refractivity contribution is 6.39. The van der Waals surface area contributed by atoms with Gasteiger partial charge in [0.25, 0.3) is 17.7 Å². The normalized spacial score (nSPS) is 14.1. The second kappa shape index (κ2) is 12.8. The molecule has 3 aromatic rings. The van der Waals surface area contributed by atoms with E-state index < -0.39 is 17.8 Å². The smallest absolute Gasteiger partial charge is 0.335 e. The Kier molecular flexibility index (Phi) is 9.03. The molecule has 41 heavy (non-hydrogen) atoms. The van der Waals surface area contributed by atoms with Gasteiger partial charge in [0.15, 0.2) is 18.1 Å². The molecule has 4 rings (SSSR count). The number of imide groups is 2. The van der Waals surface area contributed by atoms with Crippen molar-refractivity contribution in [3.8, 4) is 17.2 Å². The predicted octanol–water partition coefficient (Wildman–Crippen LogP) is 4.78. The molecule has 1 heterocycles. The van der Waals surface area contributed by atoms with E-state index in [1.54, 1.807) is 49.4 Å². The highest BCUT2D eigenvalue weighted by Crippen LogP contribution is 2.31. The van der Waals surface area contributed by atoms with Crippen LogP contribution in [0, 0.1) is 13.8 Å². The zero-order valence-corrected chi connectivity index (χ0v) is 23.3. The monoisotopic (exact) mass is 557 g/mol. The molecule has 0 aromatic heterocycles. The zero-order valence-electron chi connectivity index (χ0n) is 23.3. The first-order valence-electron chi connectivity index (χ1n) is 13.1. The molecule has 5 amide bonds. The first kappa shape index (κ1) is 28.9. The molecule has 0 aliphatic carbocycles. The van der Waals surface area contributed by atoms with Crippen molar-refractivity contribution in [3.05, 3.63) is 82.9 Å². The van der Waals surface area contributed by atoms with Crippen molar-refractivity contribution in [2.75, 3.05) is 30.0 Å².